The Morgan fingerprint density at radius 3 is 2.67 bits per heavy atom. The average molecular weight is 529 g/mol. The number of nitrogens with zero attached hydrogens (tertiary/aromatic N) is 6. The minimum absolute atomic E-state index is 0.0883. The predicted molar refractivity (Wildman–Crippen MR) is 142 cm³/mol. The number of nitriles is 1. The standard InChI is InChI=1S/C29H32N6O4/c1-29(2,37)28(36)35-19-7-20(35)13-33(12-19)26-4-3-17(10-31-26)23-8-21(14-34-27(23)18(9-30)11-32-34)39-6-5-22-24-15-38-16-25(22)24/h3-4,8,10-11,14,19-20,22,24-25,37H,5-7,12-13,15-16H2,1-2H3. The highest BCUT2D eigenvalue weighted by atomic mass is 16.5. The summed E-state index contributed by atoms with van der Waals surface area (Å²) in [6, 6.07) is 8.40. The Bertz CT molecular complexity index is 1450. The molecule has 1 aliphatic carbocycles. The molecule has 4 saturated heterocycles. The molecule has 2 bridgehead atoms. The first kappa shape index (κ1) is 24.4. The van der Waals surface area contributed by atoms with Crippen molar-refractivity contribution in [3.05, 3.63) is 42.4 Å². The predicted octanol–water partition coefficient (Wildman–Crippen LogP) is 2.49. The van der Waals surface area contributed by atoms with Gasteiger partial charge >= 0.3 is 0 Å². The SMILES string of the molecule is CC(C)(O)C(=O)N1C2CC1CN(c1ccc(-c3cc(OCCC4C5COCC45)cn4ncc(C#N)c34)cn1)C2. The summed E-state index contributed by atoms with van der Waals surface area (Å²) in [5, 5.41) is 24.3. The van der Waals surface area contributed by atoms with Crippen molar-refractivity contribution in [3.63, 3.8) is 0 Å². The fraction of sp³-hybridized carbons (Fsp3) is 0.517. The molecule has 0 spiro atoms. The van der Waals surface area contributed by atoms with Crippen LogP contribution in [0, 0.1) is 29.1 Å². The summed E-state index contributed by atoms with van der Waals surface area (Å²) in [7, 11) is 0. The molecular weight excluding hydrogens is 496 g/mol. The minimum Gasteiger partial charge on any atom is -0.492 e. The van der Waals surface area contributed by atoms with Crippen molar-refractivity contribution in [1.82, 2.24) is 19.5 Å². The van der Waals surface area contributed by atoms with Crippen LogP contribution in [0.25, 0.3) is 16.6 Å². The van der Waals surface area contributed by atoms with Gasteiger partial charge in [0.05, 0.1) is 55.4 Å². The first-order valence-electron chi connectivity index (χ1n) is 13.7. The van der Waals surface area contributed by atoms with Crippen LogP contribution < -0.4 is 9.64 Å². The zero-order valence-corrected chi connectivity index (χ0v) is 22.2. The molecule has 1 amide bonds. The molecule has 3 aromatic rings. The molecule has 39 heavy (non-hydrogen) atoms. The van der Waals surface area contributed by atoms with Gasteiger partial charge in [0, 0.05) is 30.4 Å². The molecule has 4 unspecified atom stereocenters. The summed E-state index contributed by atoms with van der Waals surface area (Å²) in [4.78, 5) is 21.4. The molecule has 10 nitrogen and oxygen atoms in total. The quantitative estimate of drug-likeness (QED) is 0.497. The number of piperazine rings is 1. The number of rotatable bonds is 7. The lowest BCUT2D eigenvalue weighted by Crippen LogP contribution is -2.72. The molecule has 1 N–H and O–H groups in total. The van der Waals surface area contributed by atoms with Crippen LogP contribution in [0.1, 0.15) is 32.3 Å². The molecule has 10 heteroatoms. The number of aliphatic hydroxyl groups is 1. The normalized spacial score (nSPS) is 27.2. The summed E-state index contributed by atoms with van der Waals surface area (Å²) in [6.07, 6.45) is 7.21. The molecule has 3 aromatic heterocycles. The summed E-state index contributed by atoms with van der Waals surface area (Å²) in [5.74, 6) is 3.47. The maximum Gasteiger partial charge on any atom is 0.254 e. The highest BCUT2D eigenvalue weighted by Gasteiger charge is 2.53. The van der Waals surface area contributed by atoms with E-state index >= 15 is 0 Å². The van der Waals surface area contributed by atoms with Crippen LogP contribution >= 0.6 is 0 Å². The van der Waals surface area contributed by atoms with E-state index in [0.717, 1.165) is 48.5 Å². The number of ether oxygens (including phenoxy) is 2. The van der Waals surface area contributed by atoms with E-state index < -0.39 is 5.60 Å². The van der Waals surface area contributed by atoms with Gasteiger partial charge in [0.2, 0.25) is 0 Å². The van der Waals surface area contributed by atoms with Gasteiger partial charge < -0.3 is 24.4 Å². The lowest BCUT2D eigenvalue weighted by Gasteiger charge is -2.57. The van der Waals surface area contributed by atoms with Gasteiger partial charge in [-0.15, -0.1) is 0 Å². The molecule has 0 aromatic carbocycles. The van der Waals surface area contributed by atoms with Gasteiger partial charge in [0.1, 0.15) is 23.2 Å². The molecule has 7 heterocycles. The monoisotopic (exact) mass is 528 g/mol. The average Bonchev–Trinajstić information content (AvgIpc) is 3.25. The number of hydrogen-bond donors (Lipinski definition) is 1. The van der Waals surface area contributed by atoms with Crippen molar-refractivity contribution in [3.8, 4) is 22.9 Å². The lowest BCUT2D eigenvalue weighted by atomic mass is 9.85. The van der Waals surface area contributed by atoms with Gasteiger partial charge in [-0.2, -0.15) is 10.4 Å². The van der Waals surface area contributed by atoms with E-state index in [4.69, 9.17) is 14.5 Å². The number of carbonyl (C=O) groups is 1. The Morgan fingerprint density at radius 1 is 1.23 bits per heavy atom. The van der Waals surface area contributed by atoms with Crippen LogP contribution in [-0.4, -0.2) is 81.1 Å². The fourth-order valence-corrected chi connectivity index (χ4v) is 6.75. The zero-order chi connectivity index (χ0) is 26.9. The number of fused-ring (bicyclic) bond motifs is 4. The van der Waals surface area contributed by atoms with Crippen LogP contribution in [0.15, 0.2) is 36.8 Å². The van der Waals surface area contributed by atoms with Crippen molar-refractivity contribution in [2.45, 2.75) is 44.4 Å². The van der Waals surface area contributed by atoms with Crippen LogP contribution in [0.2, 0.25) is 0 Å². The third-order valence-corrected chi connectivity index (χ3v) is 8.89. The second-order valence-corrected chi connectivity index (χ2v) is 11.8. The molecule has 0 radical (unpaired) electrons. The minimum atomic E-state index is -1.36. The summed E-state index contributed by atoms with van der Waals surface area (Å²) in [5.41, 5.74) is 1.60. The van der Waals surface area contributed by atoms with E-state index in [0.29, 0.717) is 48.8 Å². The highest BCUT2D eigenvalue weighted by molar-refractivity contribution is 5.86. The van der Waals surface area contributed by atoms with Gasteiger partial charge in [0.15, 0.2) is 0 Å². The van der Waals surface area contributed by atoms with Crippen LogP contribution in [0.5, 0.6) is 5.75 Å². The van der Waals surface area contributed by atoms with E-state index in [2.05, 4.69) is 16.1 Å². The Labute approximate surface area is 226 Å². The number of anilines is 1. The van der Waals surface area contributed by atoms with Gasteiger partial charge in [-0.25, -0.2) is 9.50 Å². The number of hydrogen-bond acceptors (Lipinski definition) is 8. The zero-order valence-electron chi connectivity index (χ0n) is 22.2. The summed E-state index contributed by atoms with van der Waals surface area (Å²) >= 11 is 0. The van der Waals surface area contributed by atoms with E-state index in [1.54, 1.807) is 24.6 Å². The second-order valence-electron chi connectivity index (χ2n) is 11.8. The summed E-state index contributed by atoms with van der Waals surface area (Å²) < 4.78 is 13.4. The van der Waals surface area contributed by atoms with Crippen molar-refractivity contribution in [1.29, 1.82) is 5.26 Å². The van der Waals surface area contributed by atoms with E-state index in [-0.39, 0.29) is 18.0 Å². The van der Waals surface area contributed by atoms with Crippen molar-refractivity contribution >= 4 is 17.2 Å². The van der Waals surface area contributed by atoms with E-state index in [1.165, 1.54) is 0 Å². The molecule has 5 aliphatic rings. The van der Waals surface area contributed by atoms with Crippen LogP contribution in [0.4, 0.5) is 5.82 Å². The molecule has 4 aliphatic heterocycles. The molecular formula is C29H32N6O4. The fourth-order valence-electron chi connectivity index (χ4n) is 6.75. The first-order valence-corrected chi connectivity index (χ1v) is 13.7. The molecule has 1 saturated carbocycles. The second kappa shape index (κ2) is 8.93. The Kier molecular flexibility index (Phi) is 5.58. The summed E-state index contributed by atoms with van der Waals surface area (Å²) in [6.45, 7) is 6.87. The van der Waals surface area contributed by atoms with Crippen molar-refractivity contribution < 1.29 is 19.4 Å². The van der Waals surface area contributed by atoms with Gasteiger partial charge in [-0.1, -0.05) is 0 Å². The number of amides is 1. The van der Waals surface area contributed by atoms with Gasteiger partial charge in [-0.05, 0) is 62.6 Å². The van der Waals surface area contributed by atoms with E-state index in [1.807, 2.05) is 35.5 Å². The number of aromatic nitrogens is 3. The Hall–Kier alpha value is -3.68. The first-order chi connectivity index (χ1) is 18.8. The molecule has 4 atom stereocenters. The smallest absolute Gasteiger partial charge is 0.254 e. The molecule has 8 rings (SSSR count). The Morgan fingerprint density at radius 2 is 2.00 bits per heavy atom. The van der Waals surface area contributed by atoms with Crippen molar-refractivity contribution in [2.75, 3.05) is 37.8 Å². The number of pyridine rings is 2. The molecule has 5 fully saturated rings. The van der Waals surface area contributed by atoms with Crippen LogP contribution in [0.3, 0.4) is 0 Å². The van der Waals surface area contributed by atoms with Crippen molar-refractivity contribution in [2.24, 2.45) is 17.8 Å². The molecule has 202 valence electrons. The largest absolute Gasteiger partial charge is 0.492 e. The third kappa shape index (κ3) is 4.12. The van der Waals surface area contributed by atoms with Crippen LogP contribution in [-0.2, 0) is 9.53 Å². The number of piperidine rings is 1. The lowest BCUT2D eigenvalue weighted by molar-refractivity contribution is -0.163. The van der Waals surface area contributed by atoms with Gasteiger partial charge in [0.25, 0.3) is 5.91 Å². The highest BCUT2D eigenvalue weighted by Crippen LogP contribution is 2.52. The Balaban J connectivity index is 1.09. The van der Waals surface area contributed by atoms with Gasteiger partial charge in [-0.3, -0.25) is 4.79 Å². The maximum atomic E-state index is 12.6. The topological polar surface area (TPSA) is 116 Å². The number of carbonyl (C=O) groups excluding carboxylic acids is 1. The van der Waals surface area contributed by atoms with E-state index in [9.17, 15) is 15.2 Å². The maximum absolute atomic E-state index is 12.6. The third-order valence-electron chi connectivity index (χ3n) is 8.89.